The summed E-state index contributed by atoms with van der Waals surface area (Å²) in [6, 6.07) is 3.47. The molecule has 1 aliphatic heterocycles. The average Bonchev–Trinajstić information content (AvgIpc) is 2.56. The molecular weight excluding hydrogens is 364 g/mol. The Hall–Kier alpha value is -1.11. The second-order valence-electron chi connectivity index (χ2n) is 4.25. The van der Waals surface area contributed by atoms with Crippen LogP contribution in [0.1, 0.15) is 5.56 Å². The molecule has 0 radical (unpaired) electrons. The van der Waals surface area contributed by atoms with Crippen molar-refractivity contribution in [1.29, 1.82) is 0 Å². The molecule has 1 heterocycles. The number of likely N-dealkylation sites (N-methyl/N-ethyl adjacent to an activating group) is 2. The van der Waals surface area contributed by atoms with Crippen molar-refractivity contribution in [3.63, 3.8) is 0 Å². The van der Waals surface area contributed by atoms with Crippen molar-refractivity contribution < 1.29 is 9.53 Å². The Balaban J connectivity index is 2.56. The highest BCUT2D eigenvalue weighted by atomic mass is 79.9. The van der Waals surface area contributed by atoms with E-state index < -0.39 is 0 Å². The summed E-state index contributed by atoms with van der Waals surface area (Å²) < 4.78 is 6.06. The van der Waals surface area contributed by atoms with Gasteiger partial charge in [0.15, 0.2) is 5.11 Å². The van der Waals surface area contributed by atoms with Gasteiger partial charge in [0, 0.05) is 24.7 Å². The van der Waals surface area contributed by atoms with Crippen molar-refractivity contribution in [1.82, 2.24) is 9.80 Å². The van der Waals surface area contributed by atoms with Crippen LogP contribution >= 0.6 is 39.7 Å². The number of methoxy groups -OCH3 is 1. The third-order valence-corrected chi connectivity index (χ3v) is 4.35. The van der Waals surface area contributed by atoms with Gasteiger partial charge < -0.3 is 9.64 Å². The smallest absolute Gasteiger partial charge is 0.276 e. The second kappa shape index (κ2) is 5.71. The second-order valence-corrected chi connectivity index (χ2v) is 5.90. The highest BCUT2D eigenvalue weighted by Gasteiger charge is 2.33. The summed E-state index contributed by atoms with van der Waals surface area (Å²) >= 11 is 14.6. The van der Waals surface area contributed by atoms with Crippen molar-refractivity contribution in [2.24, 2.45) is 0 Å². The summed E-state index contributed by atoms with van der Waals surface area (Å²) in [6.07, 6.45) is 1.72. The fourth-order valence-electron chi connectivity index (χ4n) is 1.94. The third kappa shape index (κ3) is 2.55. The van der Waals surface area contributed by atoms with Gasteiger partial charge in [-0.15, -0.1) is 0 Å². The van der Waals surface area contributed by atoms with Crippen LogP contribution in [0, 0.1) is 0 Å². The number of benzene rings is 1. The van der Waals surface area contributed by atoms with E-state index >= 15 is 0 Å². The van der Waals surface area contributed by atoms with Gasteiger partial charge in [-0.25, -0.2) is 0 Å². The summed E-state index contributed by atoms with van der Waals surface area (Å²) in [5.41, 5.74) is 1.19. The Morgan fingerprint density at radius 2 is 2.00 bits per heavy atom. The van der Waals surface area contributed by atoms with E-state index in [9.17, 15) is 4.79 Å². The van der Waals surface area contributed by atoms with E-state index in [1.165, 1.54) is 4.90 Å². The number of halogens is 2. The molecule has 0 spiro atoms. The molecule has 0 N–H and O–H groups in total. The molecule has 7 heteroatoms. The molecule has 0 saturated carbocycles. The number of carbonyl (C=O) groups excluding carboxylic acids is 1. The van der Waals surface area contributed by atoms with E-state index in [0.717, 1.165) is 4.47 Å². The lowest BCUT2D eigenvalue weighted by atomic mass is 10.1. The van der Waals surface area contributed by atoms with Crippen LogP contribution in [0.3, 0.4) is 0 Å². The number of amides is 1. The predicted octanol–water partition coefficient (Wildman–Crippen LogP) is 3.14. The van der Waals surface area contributed by atoms with Gasteiger partial charge in [-0.1, -0.05) is 11.6 Å². The van der Waals surface area contributed by atoms with Gasteiger partial charge in [0.25, 0.3) is 5.91 Å². The van der Waals surface area contributed by atoms with Gasteiger partial charge in [-0.2, -0.15) is 0 Å². The molecule has 4 nitrogen and oxygen atoms in total. The predicted molar refractivity (Wildman–Crippen MR) is 86.8 cm³/mol. The lowest BCUT2D eigenvalue weighted by molar-refractivity contribution is -0.121. The number of hydrogen-bond donors (Lipinski definition) is 0. The minimum atomic E-state index is -0.157. The molecule has 1 aromatic rings. The highest BCUT2D eigenvalue weighted by Crippen LogP contribution is 2.34. The zero-order valence-electron chi connectivity index (χ0n) is 11.1. The van der Waals surface area contributed by atoms with Crippen LogP contribution in [0.4, 0.5) is 0 Å². The Kier molecular flexibility index (Phi) is 4.36. The molecule has 1 aromatic carbocycles. The molecule has 1 aliphatic rings. The normalized spacial score (nSPS) is 17.4. The first-order valence-electron chi connectivity index (χ1n) is 5.67. The average molecular weight is 376 g/mol. The minimum Gasteiger partial charge on any atom is -0.495 e. The maximum Gasteiger partial charge on any atom is 0.276 e. The molecule has 0 bridgehead atoms. The van der Waals surface area contributed by atoms with E-state index in [4.69, 9.17) is 28.6 Å². The van der Waals surface area contributed by atoms with Crippen molar-refractivity contribution in [2.75, 3.05) is 21.2 Å². The number of rotatable bonds is 2. The van der Waals surface area contributed by atoms with Crippen molar-refractivity contribution in [3.8, 4) is 5.75 Å². The summed E-state index contributed by atoms with van der Waals surface area (Å²) in [7, 11) is 4.96. The fraction of sp³-hybridized carbons (Fsp3) is 0.231. The molecule has 0 atom stereocenters. The van der Waals surface area contributed by atoms with Crippen LogP contribution in [-0.4, -0.2) is 42.0 Å². The zero-order valence-corrected chi connectivity index (χ0v) is 14.3. The van der Waals surface area contributed by atoms with E-state index in [-0.39, 0.29) is 5.91 Å². The first-order valence-corrected chi connectivity index (χ1v) is 7.25. The van der Waals surface area contributed by atoms with Gasteiger partial charge in [0.2, 0.25) is 0 Å². The van der Waals surface area contributed by atoms with Gasteiger partial charge in [-0.05, 0) is 46.4 Å². The van der Waals surface area contributed by atoms with Gasteiger partial charge >= 0.3 is 0 Å². The fourth-order valence-corrected chi connectivity index (χ4v) is 3.12. The molecule has 1 amide bonds. The Labute approximate surface area is 136 Å². The zero-order chi connectivity index (χ0) is 15.0. The molecule has 0 unspecified atom stereocenters. The number of carbonyl (C=O) groups is 1. The standard InChI is InChI=1S/C13H12BrClN2O2S/c1-16-10(12(18)17(2)13(16)20)5-7-4-8(15)6-9(14)11(7)19-3/h4-6H,1-3H3. The molecule has 0 aliphatic carbocycles. The van der Waals surface area contributed by atoms with E-state index in [2.05, 4.69) is 15.9 Å². The Morgan fingerprint density at radius 1 is 1.35 bits per heavy atom. The maximum absolute atomic E-state index is 12.1. The van der Waals surface area contributed by atoms with Crippen molar-refractivity contribution in [2.45, 2.75) is 0 Å². The molecule has 106 valence electrons. The van der Waals surface area contributed by atoms with Crippen LogP contribution in [0.15, 0.2) is 22.3 Å². The summed E-state index contributed by atoms with van der Waals surface area (Å²) in [4.78, 5) is 15.2. The Morgan fingerprint density at radius 3 is 2.50 bits per heavy atom. The van der Waals surface area contributed by atoms with E-state index in [0.29, 0.717) is 27.1 Å². The number of thiocarbonyl (C=S) groups is 1. The van der Waals surface area contributed by atoms with Crippen molar-refractivity contribution >= 4 is 56.8 Å². The molecule has 1 saturated heterocycles. The lowest BCUT2D eigenvalue weighted by Gasteiger charge is -2.12. The number of hydrogen-bond acceptors (Lipinski definition) is 3. The van der Waals surface area contributed by atoms with Crippen LogP contribution in [-0.2, 0) is 4.79 Å². The van der Waals surface area contributed by atoms with Crippen LogP contribution in [0.25, 0.3) is 6.08 Å². The quantitative estimate of drug-likeness (QED) is 0.587. The van der Waals surface area contributed by atoms with E-state index in [1.807, 2.05) is 0 Å². The summed E-state index contributed by atoms with van der Waals surface area (Å²) in [5.74, 6) is 0.458. The summed E-state index contributed by atoms with van der Waals surface area (Å²) in [5, 5.41) is 1.01. The third-order valence-electron chi connectivity index (χ3n) is 2.99. The molecule has 20 heavy (non-hydrogen) atoms. The molecular formula is C13H12BrClN2O2S. The highest BCUT2D eigenvalue weighted by molar-refractivity contribution is 9.10. The van der Waals surface area contributed by atoms with Gasteiger partial charge in [0.05, 0.1) is 11.6 Å². The van der Waals surface area contributed by atoms with Gasteiger partial charge in [-0.3, -0.25) is 9.69 Å². The van der Waals surface area contributed by atoms with Crippen LogP contribution in [0.5, 0.6) is 5.75 Å². The van der Waals surface area contributed by atoms with E-state index in [1.54, 1.807) is 44.3 Å². The number of ether oxygens (including phenoxy) is 1. The largest absolute Gasteiger partial charge is 0.495 e. The SMILES string of the molecule is COc1c(Br)cc(Cl)cc1C=C1C(=O)N(C)C(=S)N1C. The summed E-state index contributed by atoms with van der Waals surface area (Å²) in [6.45, 7) is 0. The Bertz CT molecular complexity index is 633. The monoisotopic (exact) mass is 374 g/mol. The molecule has 0 aromatic heterocycles. The molecule has 1 fully saturated rings. The molecule has 2 rings (SSSR count). The maximum atomic E-state index is 12.1. The van der Waals surface area contributed by atoms with Crippen LogP contribution in [0.2, 0.25) is 5.02 Å². The minimum absolute atomic E-state index is 0.157. The van der Waals surface area contributed by atoms with Gasteiger partial charge in [0.1, 0.15) is 11.4 Å². The van der Waals surface area contributed by atoms with Crippen molar-refractivity contribution in [3.05, 3.63) is 32.9 Å². The van der Waals surface area contributed by atoms with Crippen LogP contribution < -0.4 is 4.74 Å². The topological polar surface area (TPSA) is 32.8 Å². The first-order chi connectivity index (χ1) is 9.36. The lowest BCUT2D eigenvalue weighted by Crippen LogP contribution is -2.26. The number of nitrogens with zero attached hydrogens (tertiary/aromatic N) is 2. The first kappa shape index (κ1) is 15.3.